The average molecular weight is 380 g/mol. The maximum Gasteiger partial charge on any atom is 0.214 e. The molecule has 1 aliphatic rings. The highest BCUT2D eigenvalue weighted by Crippen LogP contribution is 2.29. The zero-order valence-corrected chi connectivity index (χ0v) is 14.5. The van der Waals surface area contributed by atoms with Crippen LogP contribution in [0.3, 0.4) is 0 Å². The Bertz CT molecular complexity index is 665. The van der Waals surface area contributed by atoms with Gasteiger partial charge in [-0.3, -0.25) is 5.43 Å². The summed E-state index contributed by atoms with van der Waals surface area (Å²) in [5, 5.41) is 11.5. The Kier molecular flexibility index (Phi) is 5.17. The van der Waals surface area contributed by atoms with Crippen LogP contribution in [-0.2, 0) is 6.42 Å². The monoisotopic (exact) mass is 379 g/mol. The minimum Gasteiger partial charge on any atom is -0.330 e. The molecular weight excluding hydrogens is 362 g/mol. The van der Waals surface area contributed by atoms with Gasteiger partial charge in [0.2, 0.25) is 5.16 Å². The normalized spacial score (nSPS) is 13.5. The summed E-state index contributed by atoms with van der Waals surface area (Å²) >= 11 is 5.06. The first-order valence-electron chi connectivity index (χ1n) is 7.32. The predicted octanol–water partition coefficient (Wildman–Crippen LogP) is 3.36. The van der Waals surface area contributed by atoms with E-state index in [9.17, 15) is 0 Å². The predicted molar refractivity (Wildman–Crippen MR) is 94.0 cm³/mol. The molecule has 0 bridgehead atoms. The smallest absolute Gasteiger partial charge is 0.214 e. The Hall–Kier alpha value is -1.31. The first kappa shape index (κ1) is 15.6. The first-order valence-corrected chi connectivity index (χ1v) is 8.99. The minimum atomic E-state index is 0.752. The van der Waals surface area contributed by atoms with Crippen LogP contribution in [0.2, 0.25) is 0 Å². The van der Waals surface area contributed by atoms with Crippen molar-refractivity contribution < 1.29 is 0 Å². The maximum atomic E-state index is 5.53. The summed E-state index contributed by atoms with van der Waals surface area (Å²) in [4.78, 5) is 0. The van der Waals surface area contributed by atoms with Crippen LogP contribution in [0.5, 0.6) is 0 Å². The highest BCUT2D eigenvalue weighted by atomic mass is 79.9. The number of halogens is 1. The molecule has 2 aromatic rings. The van der Waals surface area contributed by atoms with E-state index in [0.29, 0.717) is 0 Å². The summed E-state index contributed by atoms with van der Waals surface area (Å²) in [5.74, 6) is 0.974. The maximum absolute atomic E-state index is 5.53. The Morgan fingerprint density at radius 2 is 1.95 bits per heavy atom. The van der Waals surface area contributed by atoms with Gasteiger partial charge in [0, 0.05) is 21.9 Å². The molecule has 0 aliphatic carbocycles. The molecule has 5 nitrogen and oxygen atoms in total. The van der Waals surface area contributed by atoms with E-state index in [1.165, 1.54) is 0 Å². The second-order valence-corrected chi connectivity index (χ2v) is 6.85. The van der Waals surface area contributed by atoms with Gasteiger partial charge in [-0.2, -0.15) is 0 Å². The molecule has 0 spiro atoms. The summed E-state index contributed by atoms with van der Waals surface area (Å²) < 4.78 is 3.07. The van der Waals surface area contributed by atoms with E-state index in [1.54, 1.807) is 11.8 Å². The lowest BCUT2D eigenvalue weighted by atomic mass is 10.2. The Labute approximate surface area is 142 Å². The number of hydrogen-bond donors (Lipinski definition) is 2. The molecule has 2 heterocycles. The minimum absolute atomic E-state index is 0.752. The number of nitrogens with one attached hydrogen (secondary N) is 1. The molecule has 22 heavy (non-hydrogen) atoms. The van der Waals surface area contributed by atoms with Crippen LogP contribution in [0.15, 0.2) is 39.3 Å². The third kappa shape index (κ3) is 3.53. The first-order chi connectivity index (χ1) is 10.8. The van der Waals surface area contributed by atoms with Crippen molar-refractivity contribution in [3.8, 4) is 0 Å². The van der Waals surface area contributed by atoms with Crippen LogP contribution in [0.1, 0.15) is 30.7 Å². The summed E-state index contributed by atoms with van der Waals surface area (Å²) in [6.45, 7) is 0.752. The van der Waals surface area contributed by atoms with Crippen LogP contribution in [-0.4, -0.2) is 21.4 Å². The molecule has 0 unspecified atom stereocenters. The summed E-state index contributed by atoms with van der Waals surface area (Å²) in [5.41, 5.74) is 11.2. The zero-order chi connectivity index (χ0) is 15.4. The lowest BCUT2D eigenvalue weighted by molar-refractivity contribution is 0.650. The number of thioether (sulfide) groups is 1. The Morgan fingerprint density at radius 1 is 1.14 bits per heavy atom. The molecule has 116 valence electrons. The van der Waals surface area contributed by atoms with E-state index in [1.807, 2.05) is 16.8 Å². The molecule has 1 aromatic carbocycles. The van der Waals surface area contributed by atoms with Gasteiger partial charge in [-0.25, -0.2) is 4.68 Å². The van der Waals surface area contributed by atoms with Gasteiger partial charge >= 0.3 is 0 Å². The van der Waals surface area contributed by atoms with Gasteiger partial charge in [-0.1, -0.05) is 46.2 Å². The average Bonchev–Trinajstić information content (AvgIpc) is 2.95. The van der Waals surface area contributed by atoms with E-state index in [0.717, 1.165) is 58.9 Å². The van der Waals surface area contributed by atoms with Gasteiger partial charge in [0.05, 0.1) is 5.70 Å². The van der Waals surface area contributed by atoms with Crippen molar-refractivity contribution in [1.82, 2.24) is 14.9 Å². The topological polar surface area (TPSA) is 68.8 Å². The number of hydrogen-bond acceptors (Lipinski definition) is 5. The number of fused-ring (bicyclic) bond motifs is 1. The van der Waals surface area contributed by atoms with E-state index in [2.05, 4.69) is 49.1 Å². The fraction of sp³-hybridized carbons (Fsp3) is 0.333. The number of unbranched alkanes of at least 4 members (excludes halogenated alkanes) is 2. The molecule has 0 atom stereocenters. The molecule has 0 saturated carbocycles. The molecule has 3 rings (SSSR count). The molecular formula is C15H18BrN5S. The van der Waals surface area contributed by atoms with Crippen LogP contribution in [0.25, 0.3) is 5.70 Å². The molecule has 0 fully saturated rings. The molecule has 3 N–H and O–H groups in total. The van der Waals surface area contributed by atoms with Crippen molar-refractivity contribution in [2.45, 2.75) is 30.8 Å². The number of nitrogens with two attached hydrogens (primary N) is 1. The standard InChI is InChI=1S/C15H18BrN5S/c16-12-7-5-11(6-8-12)13-10-22-15-19-18-14(21(15)20-13)4-2-1-3-9-17/h5-8,10,20H,1-4,9,17H2. The van der Waals surface area contributed by atoms with Crippen LogP contribution >= 0.6 is 27.7 Å². The molecule has 1 aromatic heterocycles. The fourth-order valence-corrected chi connectivity index (χ4v) is 3.30. The van der Waals surface area contributed by atoms with Gasteiger partial charge in [0.1, 0.15) is 0 Å². The molecule has 1 aliphatic heterocycles. The molecule has 7 heteroatoms. The number of aromatic nitrogens is 3. The van der Waals surface area contributed by atoms with Crippen molar-refractivity contribution in [3.05, 3.63) is 45.5 Å². The van der Waals surface area contributed by atoms with Crippen LogP contribution < -0.4 is 11.2 Å². The van der Waals surface area contributed by atoms with Crippen LogP contribution in [0, 0.1) is 0 Å². The lowest BCUT2D eigenvalue weighted by Crippen LogP contribution is -2.20. The van der Waals surface area contributed by atoms with Gasteiger partial charge in [0.25, 0.3) is 0 Å². The fourth-order valence-electron chi connectivity index (χ4n) is 2.28. The van der Waals surface area contributed by atoms with Crippen molar-refractivity contribution in [1.29, 1.82) is 0 Å². The number of benzene rings is 1. The van der Waals surface area contributed by atoms with Gasteiger partial charge < -0.3 is 5.73 Å². The Morgan fingerprint density at radius 3 is 2.73 bits per heavy atom. The second kappa shape index (κ2) is 7.30. The highest BCUT2D eigenvalue weighted by molar-refractivity contribution is 9.10. The van der Waals surface area contributed by atoms with E-state index in [-0.39, 0.29) is 0 Å². The summed E-state index contributed by atoms with van der Waals surface area (Å²) in [6.07, 6.45) is 4.18. The zero-order valence-electron chi connectivity index (χ0n) is 12.1. The van der Waals surface area contributed by atoms with Crippen LogP contribution in [0.4, 0.5) is 0 Å². The summed E-state index contributed by atoms with van der Waals surface area (Å²) in [7, 11) is 0. The molecule has 0 amide bonds. The van der Waals surface area contributed by atoms with Crippen molar-refractivity contribution in [2.75, 3.05) is 12.0 Å². The SMILES string of the molecule is NCCCCCc1nnc2n1NC(c1ccc(Br)cc1)=CS2. The van der Waals surface area contributed by atoms with Gasteiger partial charge in [-0.15, -0.1) is 10.2 Å². The number of nitrogens with zero attached hydrogens (tertiary/aromatic N) is 3. The Balaban J connectivity index is 1.71. The number of rotatable bonds is 6. The van der Waals surface area contributed by atoms with Crippen molar-refractivity contribution in [3.63, 3.8) is 0 Å². The van der Waals surface area contributed by atoms with Gasteiger partial charge in [0.15, 0.2) is 5.82 Å². The molecule has 0 radical (unpaired) electrons. The third-order valence-corrected chi connectivity index (χ3v) is 4.83. The van der Waals surface area contributed by atoms with Crippen molar-refractivity contribution >= 4 is 33.4 Å². The largest absolute Gasteiger partial charge is 0.330 e. The quantitative estimate of drug-likeness (QED) is 0.753. The lowest BCUT2D eigenvalue weighted by Gasteiger charge is -2.19. The van der Waals surface area contributed by atoms with Crippen molar-refractivity contribution in [2.24, 2.45) is 5.73 Å². The van der Waals surface area contributed by atoms with E-state index >= 15 is 0 Å². The van der Waals surface area contributed by atoms with E-state index < -0.39 is 0 Å². The molecule has 0 saturated heterocycles. The second-order valence-electron chi connectivity index (χ2n) is 5.10. The number of aryl methyl sites for hydroxylation is 1. The summed E-state index contributed by atoms with van der Waals surface area (Å²) in [6, 6.07) is 8.25. The third-order valence-electron chi connectivity index (χ3n) is 3.47. The van der Waals surface area contributed by atoms with Gasteiger partial charge in [-0.05, 0) is 31.5 Å². The van der Waals surface area contributed by atoms with E-state index in [4.69, 9.17) is 5.73 Å². The highest BCUT2D eigenvalue weighted by Gasteiger charge is 2.17.